The van der Waals surface area contributed by atoms with E-state index in [9.17, 15) is 4.79 Å². The van der Waals surface area contributed by atoms with Crippen molar-refractivity contribution < 1.29 is 4.79 Å². The average Bonchev–Trinajstić information content (AvgIpc) is 3.26. The molecule has 3 rings (SSSR count). The van der Waals surface area contributed by atoms with Crippen LogP contribution in [0.1, 0.15) is 81.0 Å². The lowest BCUT2D eigenvalue weighted by Crippen LogP contribution is -2.24. The van der Waals surface area contributed by atoms with E-state index in [1.807, 2.05) is 30.3 Å². The Morgan fingerprint density at radius 1 is 0.773 bits per heavy atom. The molecule has 2 fully saturated rings. The van der Waals surface area contributed by atoms with E-state index in [-0.39, 0.29) is 11.4 Å². The Morgan fingerprint density at radius 2 is 1.27 bits per heavy atom. The van der Waals surface area contributed by atoms with E-state index in [0.717, 1.165) is 12.1 Å². The molecular weight excluding hydrogens is 270 g/mol. The van der Waals surface area contributed by atoms with Crippen LogP contribution in [0.4, 0.5) is 0 Å². The number of benzene rings is 1. The van der Waals surface area contributed by atoms with Crippen LogP contribution in [-0.2, 0) is 0 Å². The SMILES string of the molecule is O=C(c1ccccc1)N1CC12CCCCCCCCCCC2. The van der Waals surface area contributed by atoms with Crippen molar-refractivity contribution in [2.45, 2.75) is 76.2 Å². The van der Waals surface area contributed by atoms with Gasteiger partial charge in [0.25, 0.3) is 5.91 Å². The van der Waals surface area contributed by atoms with Crippen LogP contribution in [0.2, 0.25) is 0 Å². The normalized spacial score (nSPS) is 22.6. The number of nitrogens with zero attached hydrogens (tertiary/aromatic N) is 1. The number of carbonyl (C=O) groups excluding carboxylic acids is 1. The van der Waals surface area contributed by atoms with Gasteiger partial charge in [0.2, 0.25) is 0 Å². The summed E-state index contributed by atoms with van der Waals surface area (Å²) in [6, 6.07) is 9.80. The number of rotatable bonds is 1. The fraction of sp³-hybridized carbons (Fsp3) is 0.650. The predicted octanol–water partition coefficient (Wildman–Crippen LogP) is 5.19. The molecule has 2 aliphatic rings. The van der Waals surface area contributed by atoms with Crippen molar-refractivity contribution in [1.29, 1.82) is 0 Å². The molecule has 1 amide bonds. The van der Waals surface area contributed by atoms with Crippen molar-refractivity contribution in [2.24, 2.45) is 0 Å². The van der Waals surface area contributed by atoms with E-state index in [2.05, 4.69) is 4.90 Å². The summed E-state index contributed by atoms with van der Waals surface area (Å²) >= 11 is 0. The monoisotopic (exact) mass is 299 g/mol. The topological polar surface area (TPSA) is 20.1 Å². The van der Waals surface area contributed by atoms with Gasteiger partial charge >= 0.3 is 0 Å². The standard InChI is InChI=1S/C20H29NO/c22-19(18-13-9-8-10-14-18)21-17-20(21)15-11-6-4-2-1-3-5-7-12-16-20/h8-10,13-14H,1-7,11-12,15-17H2. The first-order valence-corrected chi connectivity index (χ1v) is 9.19. The van der Waals surface area contributed by atoms with Gasteiger partial charge in [0, 0.05) is 12.1 Å². The number of hydrogen-bond donors (Lipinski definition) is 0. The lowest BCUT2D eigenvalue weighted by molar-refractivity contribution is 0.0846. The largest absolute Gasteiger partial charge is 0.329 e. The fourth-order valence-corrected chi connectivity index (χ4v) is 3.98. The van der Waals surface area contributed by atoms with E-state index < -0.39 is 0 Å². The van der Waals surface area contributed by atoms with Crippen molar-refractivity contribution in [3.8, 4) is 0 Å². The highest BCUT2D eigenvalue weighted by atomic mass is 16.2. The molecule has 1 saturated carbocycles. The second kappa shape index (κ2) is 7.30. The van der Waals surface area contributed by atoms with Gasteiger partial charge < -0.3 is 4.90 Å². The molecule has 0 radical (unpaired) electrons. The first kappa shape index (κ1) is 15.6. The fourth-order valence-electron chi connectivity index (χ4n) is 3.98. The first-order chi connectivity index (χ1) is 10.8. The van der Waals surface area contributed by atoms with Crippen molar-refractivity contribution in [3.05, 3.63) is 35.9 Å². The molecule has 1 spiro atoms. The number of amides is 1. The van der Waals surface area contributed by atoms with E-state index in [1.54, 1.807) is 0 Å². The lowest BCUT2D eigenvalue weighted by Gasteiger charge is -2.18. The summed E-state index contributed by atoms with van der Waals surface area (Å²) in [6.07, 6.45) is 14.7. The summed E-state index contributed by atoms with van der Waals surface area (Å²) in [5.74, 6) is 0.243. The van der Waals surface area contributed by atoms with Crippen LogP contribution < -0.4 is 0 Å². The minimum atomic E-state index is 0.201. The molecule has 22 heavy (non-hydrogen) atoms. The molecule has 2 heteroatoms. The Hall–Kier alpha value is -1.31. The van der Waals surface area contributed by atoms with Crippen molar-refractivity contribution in [3.63, 3.8) is 0 Å². The summed E-state index contributed by atoms with van der Waals surface area (Å²) in [4.78, 5) is 14.8. The summed E-state index contributed by atoms with van der Waals surface area (Å²) in [7, 11) is 0. The molecule has 0 bridgehead atoms. The molecule has 1 aromatic carbocycles. The van der Waals surface area contributed by atoms with Crippen molar-refractivity contribution in [2.75, 3.05) is 6.54 Å². The Balaban J connectivity index is 1.62. The minimum absolute atomic E-state index is 0.201. The molecule has 0 atom stereocenters. The van der Waals surface area contributed by atoms with Crippen LogP contribution in [0, 0.1) is 0 Å². The highest BCUT2D eigenvalue weighted by molar-refractivity contribution is 5.96. The molecule has 0 N–H and O–H groups in total. The van der Waals surface area contributed by atoms with Crippen LogP contribution in [0.15, 0.2) is 30.3 Å². The molecule has 0 unspecified atom stereocenters. The van der Waals surface area contributed by atoms with Gasteiger partial charge in [-0.25, -0.2) is 0 Å². The van der Waals surface area contributed by atoms with Gasteiger partial charge in [-0.3, -0.25) is 4.79 Å². The maximum Gasteiger partial charge on any atom is 0.254 e. The molecule has 0 aromatic heterocycles. The lowest BCUT2D eigenvalue weighted by atomic mass is 9.92. The maximum atomic E-state index is 12.7. The third-order valence-corrected chi connectivity index (χ3v) is 5.47. The van der Waals surface area contributed by atoms with Gasteiger partial charge in [-0.15, -0.1) is 0 Å². The molecule has 120 valence electrons. The average molecular weight is 299 g/mol. The zero-order valence-corrected chi connectivity index (χ0v) is 13.7. The predicted molar refractivity (Wildman–Crippen MR) is 91.0 cm³/mol. The van der Waals surface area contributed by atoms with Gasteiger partial charge in [0.15, 0.2) is 0 Å². The van der Waals surface area contributed by atoms with Gasteiger partial charge in [0.1, 0.15) is 0 Å². The Kier molecular flexibility index (Phi) is 5.17. The van der Waals surface area contributed by atoms with Crippen LogP contribution in [-0.4, -0.2) is 22.9 Å². The Bertz CT molecular complexity index is 470. The molecule has 1 saturated heterocycles. The highest BCUT2D eigenvalue weighted by Crippen LogP contribution is 2.43. The van der Waals surface area contributed by atoms with Gasteiger partial charge in [-0.05, 0) is 25.0 Å². The van der Waals surface area contributed by atoms with E-state index in [1.165, 1.54) is 70.6 Å². The number of carbonyl (C=O) groups is 1. The molecule has 1 heterocycles. The molecule has 1 aliphatic carbocycles. The smallest absolute Gasteiger partial charge is 0.254 e. The van der Waals surface area contributed by atoms with Gasteiger partial charge in [-0.1, -0.05) is 76.0 Å². The summed E-state index contributed by atoms with van der Waals surface area (Å²) < 4.78 is 0. The zero-order chi connectivity index (χ0) is 15.3. The zero-order valence-electron chi connectivity index (χ0n) is 13.7. The molecule has 1 aliphatic heterocycles. The Morgan fingerprint density at radius 3 is 1.82 bits per heavy atom. The van der Waals surface area contributed by atoms with Gasteiger partial charge in [0.05, 0.1) is 5.54 Å². The highest BCUT2D eigenvalue weighted by Gasteiger charge is 2.53. The second-order valence-electron chi connectivity index (χ2n) is 7.16. The molecule has 2 nitrogen and oxygen atoms in total. The third kappa shape index (κ3) is 3.71. The minimum Gasteiger partial charge on any atom is -0.329 e. The van der Waals surface area contributed by atoms with E-state index >= 15 is 0 Å². The van der Waals surface area contributed by atoms with Crippen LogP contribution in [0.5, 0.6) is 0 Å². The first-order valence-electron chi connectivity index (χ1n) is 9.19. The third-order valence-electron chi connectivity index (χ3n) is 5.47. The molecule has 1 aromatic rings. The van der Waals surface area contributed by atoms with Crippen LogP contribution in [0.25, 0.3) is 0 Å². The molecular formula is C20H29NO. The quantitative estimate of drug-likeness (QED) is 0.654. The number of hydrogen-bond acceptors (Lipinski definition) is 1. The van der Waals surface area contributed by atoms with E-state index in [0.29, 0.717) is 0 Å². The van der Waals surface area contributed by atoms with Crippen molar-refractivity contribution >= 4 is 5.91 Å². The van der Waals surface area contributed by atoms with Crippen LogP contribution >= 0.6 is 0 Å². The van der Waals surface area contributed by atoms with Crippen LogP contribution in [0.3, 0.4) is 0 Å². The Labute approximate surface area is 134 Å². The summed E-state index contributed by atoms with van der Waals surface area (Å²) in [5.41, 5.74) is 1.05. The summed E-state index contributed by atoms with van der Waals surface area (Å²) in [6.45, 7) is 0.987. The van der Waals surface area contributed by atoms with E-state index in [4.69, 9.17) is 0 Å². The summed E-state index contributed by atoms with van der Waals surface area (Å²) in [5, 5.41) is 0. The van der Waals surface area contributed by atoms with Gasteiger partial charge in [-0.2, -0.15) is 0 Å². The van der Waals surface area contributed by atoms with Crippen molar-refractivity contribution in [1.82, 2.24) is 4.90 Å². The second-order valence-corrected chi connectivity index (χ2v) is 7.16. The maximum absolute atomic E-state index is 12.7.